The van der Waals surface area contributed by atoms with Gasteiger partial charge >= 0.3 is 0 Å². The first-order valence-electron chi connectivity index (χ1n) is 3.22. The molecular weight excluding hydrogens is 220 g/mol. The van der Waals surface area contributed by atoms with Crippen molar-refractivity contribution >= 4 is 33.0 Å². The number of hydrogen-bond donors (Lipinski definition) is 0. The summed E-state index contributed by atoms with van der Waals surface area (Å²) < 4.78 is 26.3. The molecule has 0 aliphatic rings. The quantitative estimate of drug-likeness (QED) is 0.717. The van der Waals surface area contributed by atoms with E-state index in [9.17, 15) is 8.42 Å². The van der Waals surface area contributed by atoms with Gasteiger partial charge in [-0.3, -0.25) is 0 Å². The third-order valence-electron chi connectivity index (χ3n) is 1.15. The maximum absolute atomic E-state index is 11.3. The fourth-order valence-electron chi connectivity index (χ4n) is 0.632. The second-order valence-corrected chi connectivity index (χ2v) is 5.51. The molecule has 0 fully saturated rings. The number of nitrogens with zero attached hydrogens (tertiary/aromatic N) is 2. The Balaban J connectivity index is 2.74. The molecule has 1 aromatic rings. The lowest BCUT2D eigenvalue weighted by molar-refractivity contribution is 0.594. The summed E-state index contributed by atoms with van der Waals surface area (Å²) in [5.74, 6) is 0.393. The molecule has 0 atom stereocenters. The van der Waals surface area contributed by atoms with Crippen LogP contribution in [0.1, 0.15) is 6.42 Å². The molecule has 0 spiro atoms. The molecule has 68 valence electrons. The van der Waals surface area contributed by atoms with E-state index < -0.39 is 9.84 Å². The molecule has 7 heteroatoms. The molecule has 4 nitrogen and oxygen atoms in total. The SMILES string of the molecule is O=S(=O)(CCCCl)c1ncns1. The van der Waals surface area contributed by atoms with Gasteiger partial charge in [0.25, 0.3) is 0 Å². The van der Waals surface area contributed by atoms with Crippen LogP contribution in [0.4, 0.5) is 0 Å². The average Bonchev–Trinajstić information content (AvgIpc) is 2.53. The zero-order valence-corrected chi connectivity index (χ0v) is 8.49. The lowest BCUT2D eigenvalue weighted by Gasteiger charge is -1.95. The summed E-state index contributed by atoms with van der Waals surface area (Å²) in [5, 5.41) is 0. The Morgan fingerprint density at radius 3 is 2.83 bits per heavy atom. The highest BCUT2D eigenvalue weighted by atomic mass is 35.5. The van der Waals surface area contributed by atoms with Gasteiger partial charge in [-0.2, -0.15) is 4.37 Å². The van der Waals surface area contributed by atoms with Gasteiger partial charge in [0.1, 0.15) is 6.33 Å². The zero-order chi connectivity index (χ0) is 9.03. The summed E-state index contributed by atoms with van der Waals surface area (Å²) in [6, 6.07) is 0. The van der Waals surface area contributed by atoms with Crippen LogP contribution in [0.2, 0.25) is 0 Å². The fourth-order valence-corrected chi connectivity index (χ4v) is 2.94. The lowest BCUT2D eigenvalue weighted by atomic mass is 10.6. The van der Waals surface area contributed by atoms with Crippen molar-refractivity contribution in [3.8, 4) is 0 Å². The van der Waals surface area contributed by atoms with Gasteiger partial charge in [0.2, 0.25) is 14.2 Å². The maximum atomic E-state index is 11.3. The van der Waals surface area contributed by atoms with Crippen molar-refractivity contribution < 1.29 is 8.42 Å². The van der Waals surface area contributed by atoms with Gasteiger partial charge in [-0.05, 0) is 18.0 Å². The van der Waals surface area contributed by atoms with Crippen molar-refractivity contribution in [2.75, 3.05) is 11.6 Å². The number of sulfone groups is 1. The topological polar surface area (TPSA) is 59.9 Å². The molecule has 0 aliphatic heterocycles. The minimum Gasteiger partial charge on any atom is -0.221 e. The van der Waals surface area contributed by atoms with Crippen molar-refractivity contribution in [3.63, 3.8) is 0 Å². The Labute approximate surface area is 79.7 Å². The highest BCUT2D eigenvalue weighted by Crippen LogP contribution is 2.12. The summed E-state index contributed by atoms with van der Waals surface area (Å²) in [6.07, 6.45) is 1.68. The molecule has 0 aromatic carbocycles. The van der Waals surface area contributed by atoms with E-state index in [0.717, 1.165) is 11.5 Å². The molecule has 0 bridgehead atoms. The highest BCUT2D eigenvalue weighted by Gasteiger charge is 2.16. The van der Waals surface area contributed by atoms with Gasteiger partial charge in [-0.1, -0.05) is 0 Å². The number of rotatable bonds is 4. The zero-order valence-electron chi connectivity index (χ0n) is 6.10. The minimum absolute atomic E-state index is 0.0473. The summed E-state index contributed by atoms with van der Waals surface area (Å²) >= 11 is 6.26. The second-order valence-electron chi connectivity index (χ2n) is 2.07. The van der Waals surface area contributed by atoms with Crippen LogP contribution < -0.4 is 0 Å². The van der Waals surface area contributed by atoms with Crippen molar-refractivity contribution in [1.29, 1.82) is 0 Å². The van der Waals surface area contributed by atoms with Crippen LogP contribution in [0.5, 0.6) is 0 Å². The van der Waals surface area contributed by atoms with E-state index in [1.807, 2.05) is 0 Å². The van der Waals surface area contributed by atoms with Crippen molar-refractivity contribution in [3.05, 3.63) is 6.33 Å². The molecule has 0 saturated carbocycles. The number of hydrogen-bond acceptors (Lipinski definition) is 5. The monoisotopic (exact) mass is 226 g/mol. The molecule has 1 aromatic heterocycles. The van der Waals surface area contributed by atoms with Crippen molar-refractivity contribution in [2.24, 2.45) is 0 Å². The van der Waals surface area contributed by atoms with Gasteiger partial charge < -0.3 is 0 Å². The Bertz CT molecular complexity index is 321. The largest absolute Gasteiger partial charge is 0.228 e. The Morgan fingerprint density at radius 2 is 2.33 bits per heavy atom. The smallest absolute Gasteiger partial charge is 0.221 e. The summed E-state index contributed by atoms with van der Waals surface area (Å²) in [5.41, 5.74) is 0. The third-order valence-corrected chi connectivity index (χ3v) is 4.33. The van der Waals surface area contributed by atoms with E-state index in [1.54, 1.807) is 0 Å². The molecule has 0 aliphatic carbocycles. The molecule has 1 rings (SSSR count). The van der Waals surface area contributed by atoms with Gasteiger partial charge in [0, 0.05) is 5.88 Å². The maximum Gasteiger partial charge on any atom is 0.228 e. The van der Waals surface area contributed by atoms with E-state index in [0.29, 0.717) is 12.3 Å². The first-order chi connectivity index (χ1) is 5.67. The molecule has 12 heavy (non-hydrogen) atoms. The number of alkyl halides is 1. The highest BCUT2D eigenvalue weighted by molar-refractivity contribution is 7.93. The molecule has 0 saturated heterocycles. The number of aromatic nitrogens is 2. The molecular formula is C5H7ClN2O2S2. The molecule has 0 unspecified atom stereocenters. The van der Waals surface area contributed by atoms with Crippen LogP contribution >= 0.6 is 23.1 Å². The minimum atomic E-state index is -3.22. The first kappa shape index (κ1) is 9.88. The van der Waals surface area contributed by atoms with Crippen LogP contribution in [0, 0.1) is 0 Å². The normalized spacial score (nSPS) is 11.8. The Kier molecular flexibility index (Phi) is 3.42. The molecule has 0 radical (unpaired) electrons. The lowest BCUT2D eigenvalue weighted by Crippen LogP contribution is -2.06. The van der Waals surface area contributed by atoms with Crippen molar-refractivity contribution in [2.45, 2.75) is 10.8 Å². The molecule has 0 N–H and O–H groups in total. The van der Waals surface area contributed by atoms with Gasteiger partial charge in [-0.25, -0.2) is 13.4 Å². The van der Waals surface area contributed by atoms with E-state index >= 15 is 0 Å². The number of halogens is 1. The average molecular weight is 227 g/mol. The van der Waals surface area contributed by atoms with Gasteiger partial charge in [-0.15, -0.1) is 11.6 Å². The van der Waals surface area contributed by atoms with E-state index in [-0.39, 0.29) is 10.1 Å². The van der Waals surface area contributed by atoms with E-state index in [2.05, 4.69) is 9.36 Å². The molecule has 0 amide bonds. The van der Waals surface area contributed by atoms with Crippen LogP contribution in [-0.2, 0) is 9.84 Å². The van der Waals surface area contributed by atoms with Gasteiger partial charge in [0.05, 0.1) is 5.75 Å². The predicted octanol–water partition coefficient (Wildman–Crippen LogP) is 0.941. The predicted molar refractivity (Wildman–Crippen MR) is 47.3 cm³/mol. The van der Waals surface area contributed by atoms with Crippen LogP contribution in [0.25, 0.3) is 0 Å². The van der Waals surface area contributed by atoms with Crippen LogP contribution in [0.3, 0.4) is 0 Å². The summed E-state index contributed by atoms with van der Waals surface area (Å²) in [6.45, 7) is 0. The van der Waals surface area contributed by atoms with E-state index in [4.69, 9.17) is 11.6 Å². The van der Waals surface area contributed by atoms with E-state index in [1.165, 1.54) is 6.33 Å². The van der Waals surface area contributed by atoms with Crippen LogP contribution in [0.15, 0.2) is 10.7 Å². The van der Waals surface area contributed by atoms with Gasteiger partial charge in [0.15, 0.2) is 0 Å². The standard InChI is InChI=1S/C5H7ClN2O2S2/c6-2-1-3-12(9,10)5-7-4-8-11-5/h4H,1-3H2. The molecule has 1 heterocycles. The second kappa shape index (κ2) is 4.15. The van der Waals surface area contributed by atoms with Crippen LogP contribution in [-0.4, -0.2) is 29.4 Å². The van der Waals surface area contributed by atoms with Crippen molar-refractivity contribution in [1.82, 2.24) is 9.36 Å². The summed E-state index contributed by atoms with van der Waals surface area (Å²) in [7, 11) is -3.22. The fraction of sp³-hybridized carbons (Fsp3) is 0.600. The summed E-state index contributed by atoms with van der Waals surface area (Å²) in [4.78, 5) is 3.62. The third kappa shape index (κ3) is 2.40. The Morgan fingerprint density at radius 1 is 1.58 bits per heavy atom. The first-order valence-corrected chi connectivity index (χ1v) is 6.18. The Hall–Kier alpha value is -0.200.